The van der Waals surface area contributed by atoms with Gasteiger partial charge in [-0.3, -0.25) is 4.79 Å². The van der Waals surface area contributed by atoms with Crippen LogP contribution in [0.5, 0.6) is 0 Å². The molecule has 1 amide bonds. The highest BCUT2D eigenvalue weighted by molar-refractivity contribution is 9.10. The maximum Gasteiger partial charge on any atom is 0.262 e. The zero-order valence-electron chi connectivity index (χ0n) is 11.8. The summed E-state index contributed by atoms with van der Waals surface area (Å²) in [7, 11) is 1.51. The molecule has 0 N–H and O–H groups in total. The van der Waals surface area contributed by atoms with Crippen LogP contribution in [0.4, 0.5) is 0 Å². The monoisotopic (exact) mass is 393 g/mol. The van der Waals surface area contributed by atoms with E-state index < -0.39 is 9.05 Å². The fraction of sp³-hybridized carbons (Fsp3) is 0.500. The second-order valence-corrected chi connectivity index (χ2v) is 8.83. The first-order valence-corrected chi connectivity index (χ1v) is 9.87. The third kappa shape index (κ3) is 3.60. The van der Waals surface area contributed by atoms with Gasteiger partial charge in [-0.15, -0.1) is 0 Å². The number of likely N-dealkylation sites (tertiary alicyclic amines) is 1. The minimum Gasteiger partial charge on any atom is -0.336 e. The summed E-state index contributed by atoms with van der Waals surface area (Å²) in [5.41, 5.74) is 0.346. The van der Waals surface area contributed by atoms with E-state index in [1.54, 1.807) is 12.1 Å². The predicted molar refractivity (Wildman–Crippen MR) is 86.1 cm³/mol. The molecular formula is C14H17BrClNO3S. The Morgan fingerprint density at radius 2 is 2.05 bits per heavy atom. The molecule has 2 atom stereocenters. The molecule has 4 nitrogen and oxygen atoms in total. The van der Waals surface area contributed by atoms with E-state index >= 15 is 0 Å². The Balaban J connectivity index is 2.36. The zero-order valence-corrected chi connectivity index (χ0v) is 15.0. The van der Waals surface area contributed by atoms with Gasteiger partial charge >= 0.3 is 0 Å². The quantitative estimate of drug-likeness (QED) is 0.720. The van der Waals surface area contributed by atoms with E-state index in [0.717, 1.165) is 12.8 Å². The largest absolute Gasteiger partial charge is 0.336 e. The minimum atomic E-state index is -3.89. The second kappa shape index (κ2) is 6.26. The molecule has 1 heterocycles. The van der Waals surface area contributed by atoms with Crippen LogP contribution in [0.3, 0.4) is 0 Å². The van der Waals surface area contributed by atoms with Crippen LogP contribution in [-0.2, 0) is 9.05 Å². The number of carbonyl (C=O) groups is 1. The first kappa shape index (κ1) is 16.8. The van der Waals surface area contributed by atoms with Crippen molar-refractivity contribution < 1.29 is 13.2 Å². The Labute approximate surface area is 138 Å². The highest BCUT2D eigenvalue weighted by Crippen LogP contribution is 2.29. The number of amides is 1. The van der Waals surface area contributed by atoms with E-state index in [-0.39, 0.29) is 16.8 Å². The lowest BCUT2D eigenvalue weighted by Gasteiger charge is -2.38. The summed E-state index contributed by atoms with van der Waals surface area (Å²) in [5.74, 6) is 0.289. The van der Waals surface area contributed by atoms with Gasteiger partial charge in [0.05, 0.1) is 4.90 Å². The molecule has 1 fully saturated rings. The first-order valence-electron chi connectivity index (χ1n) is 6.77. The van der Waals surface area contributed by atoms with Crippen LogP contribution >= 0.6 is 26.6 Å². The molecular weight excluding hydrogens is 378 g/mol. The van der Waals surface area contributed by atoms with Gasteiger partial charge in [-0.2, -0.15) is 0 Å². The van der Waals surface area contributed by atoms with Gasteiger partial charge in [-0.05, 0) is 59.8 Å². The van der Waals surface area contributed by atoms with Crippen LogP contribution in [0.2, 0.25) is 0 Å². The molecule has 1 aromatic rings. The van der Waals surface area contributed by atoms with E-state index in [9.17, 15) is 13.2 Å². The predicted octanol–water partition coefficient (Wildman–Crippen LogP) is 3.64. The standard InChI is InChI=1S/C14H17BrClNO3S/c1-9-4-3-7-17(10(9)2)14(18)11-5-6-12(15)13(8-11)21(16,19)20/h5-6,8-10H,3-4,7H2,1-2H3. The second-order valence-electron chi connectivity index (χ2n) is 5.44. The molecule has 116 valence electrons. The van der Waals surface area contributed by atoms with E-state index in [4.69, 9.17) is 10.7 Å². The fourth-order valence-corrected chi connectivity index (χ4v) is 4.73. The SMILES string of the molecule is CC1CCCN(C(=O)c2ccc(Br)c(S(=O)(=O)Cl)c2)C1C. The van der Waals surface area contributed by atoms with E-state index in [2.05, 4.69) is 22.9 Å². The number of nitrogens with zero attached hydrogens (tertiary/aromatic N) is 1. The Morgan fingerprint density at radius 1 is 1.38 bits per heavy atom. The third-order valence-corrected chi connectivity index (χ3v) is 6.39. The van der Waals surface area contributed by atoms with Crippen molar-refractivity contribution in [2.75, 3.05) is 6.54 Å². The van der Waals surface area contributed by atoms with Gasteiger partial charge < -0.3 is 4.90 Å². The number of benzene rings is 1. The molecule has 1 aliphatic heterocycles. The molecule has 0 saturated carbocycles. The van der Waals surface area contributed by atoms with Gasteiger partial charge in [-0.25, -0.2) is 8.42 Å². The molecule has 7 heteroatoms. The number of hydrogen-bond acceptors (Lipinski definition) is 3. The molecule has 1 saturated heterocycles. The van der Waals surface area contributed by atoms with Crippen molar-refractivity contribution in [2.24, 2.45) is 5.92 Å². The van der Waals surface area contributed by atoms with Gasteiger partial charge in [0.2, 0.25) is 0 Å². The van der Waals surface area contributed by atoms with E-state index in [1.165, 1.54) is 6.07 Å². The normalized spacial score (nSPS) is 23.1. The molecule has 1 aliphatic rings. The molecule has 1 aromatic carbocycles. The lowest BCUT2D eigenvalue weighted by molar-refractivity contribution is 0.0551. The van der Waals surface area contributed by atoms with Crippen LogP contribution in [0.25, 0.3) is 0 Å². The molecule has 0 bridgehead atoms. The van der Waals surface area contributed by atoms with Gasteiger partial charge in [-0.1, -0.05) is 6.92 Å². The summed E-state index contributed by atoms with van der Waals surface area (Å²) in [4.78, 5) is 14.4. The number of halogens is 2. The van der Waals surface area contributed by atoms with E-state index in [0.29, 0.717) is 22.5 Å². The van der Waals surface area contributed by atoms with Crippen LogP contribution in [0.15, 0.2) is 27.6 Å². The Morgan fingerprint density at radius 3 is 2.67 bits per heavy atom. The number of piperidine rings is 1. The van der Waals surface area contributed by atoms with Crippen molar-refractivity contribution in [1.82, 2.24) is 4.90 Å². The maximum atomic E-state index is 12.6. The number of rotatable bonds is 2. The topological polar surface area (TPSA) is 54.5 Å². The number of carbonyl (C=O) groups excluding carboxylic acids is 1. The average molecular weight is 395 g/mol. The number of hydrogen-bond donors (Lipinski definition) is 0. The summed E-state index contributed by atoms with van der Waals surface area (Å²) in [6, 6.07) is 4.64. The highest BCUT2D eigenvalue weighted by atomic mass is 79.9. The van der Waals surface area contributed by atoms with Crippen LogP contribution in [-0.4, -0.2) is 31.8 Å². The van der Waals surface area contributed by atoms with Gasteiger partial charge in [0, 0.05) is 33.3 Å². The molecule has 2 rings (SSSR count). The molecule has 0 aromatic heterocycles. The Bertz CT molecular complexity index is 662. The first-order chi connectivity index (χ1) is 9.71. The van der Waals surface area contributed by atoms with Gasteiger partial charge in [0.25, 0.3) is 15.0 Å². The average Bonchev–Trinajstić information content (AvgIpc) is 2.40. The lowest BCUT2D eigenvalue weighted by Crippen LogP contribution is -2.46. The van der Waals surface area contributed by atoms with Crippen molar-refractivity contribution in [3.63, 3.8) is 0 Å². The summed E-state index contributed by atoms with van der Waals surface area (Å²) in [6.07, 6.45) is 2.07. The summed E-state index contributed by atoms with van der Waals surface area (Å²) in [6.45, 7) is 4.85. The van der Waals surface area contributed by atoms with E-state index in [1.807, 2.05) is 11.8 Å². The fourth-order valence-electron chi connectivity index (χ4n) is 2.61. The van der Waals surface area contributed by atoms with Crippen molar-refractivity contribution in [3.05, 3.63) is 28.2 Å². The third-order valence-electron chi connectivity index (χ3n) is 4.08. The van der Waals surface area contributed by atoms with Crippen molar-refractivity contribution in [1.29, 1.82) is 0 Å². The molecule has 2 unspecified atom stereocenters. The van der Waals surface area contributed by atoms with Crippen LogP contribution in [0, 0.1) is 5.92 Å². The smallest absolute Gasteiger partial charge is 0.262 e. The summed E-state index contributed by atoms with van der Waals surface area (Å²) in [5, 5.41) is 0. The zero-order chi connectivity index (χ0) is 15.8. The highest BCUT2D eigenvalue weighted by Gasteiger charge is 2.29. The van der Waals surface area contributed by atoms with Gasteiger partial charge in [0.1, 0.15) is 0 Å². The Kier molecular flexibility index (Phi) is 5.00. The van der Waals surface area contributed by atoms with Crippen molar-refractivity contribution >= 4 is 41.6 Å². The molecule has 0 aliphatic carbocycles. The maximum absolute atomic E-state index is 12.6. The van der Waals surface area contributed by atoms with Crippen LogP contribution < -0.4 is 0 Å². The van der Waals surface area contributed by atoms with Crippen molar-refractivity contribution in [3.8, 4) is 0 Å². The van der Waals surface area contributed by atoms with Gasteiger partial charge in [0.15, 0.2) is 0 Å². The molecule has 0 spiro atoms. The Hall–Kier alpha value is -0.590. The summed E-state index contributed by atoms with van der Waals surface area (Å²) < 4.78 is 23.4. The molecule has 21 heavy (non-hydrogen) atoms. The molecule has 0 radical (unpaired) electrons. The summed E-state index contributed by atoms with van der Waals surface area (Å²) >= 11 is 3.14. The minimum absolute atomic E-state index is 0.0762. The van der Waals surface area contributed by atoms with Crippen LogP contribution in [0.1, 0.15) is 37.0 Å². The lowest BCUT2D eigenvalue weighted by atomic mass is 9.91. The van der Waals surface area contributed by atoms with Crippen molar-refractivity contribution in [2.45, 2.75) is 37.6 Å².